The van der Waals surface area contributed by atoms with E-state index >= 15 is 0 Å². The van der Waals surface area contributed by atoms with Crippen LogP contribution in [0, 0.1) is 0 Å². The number of hydrogen-bond acceptors (Lipinski definition) is 2. The van der Waals surface area contributed by atoms with Gasteiger partial charge in [-0.2, -0.15) is 0 Å². The van der Waals surface area contributed by atoms with E-state index in [1.807, 2.05) is 30.3 Å². The Morgan fingerprint density at radius 2 is 1.58 bits per heavy atom. The second-order valence-corrected chi connectivity index (χ2v) is 5.25. The van der Waals surface area contributed by atoms with E-state index in [-0.39, 0.29) is 6.04 Å². The lowest BCUT2D eigenvalue weighted by Crippen LogP contribution is -2.18. The number of ether oxygens (including phenoxy) is 1. The van der Waals surface area contributed by atoms with Crippen LogP contribution < -0.4 is 10.5 Å². The van der Waals surface area contributed by atoms with Crippen LogP contribution in [0.1, 0.15) is 11.6 Å². The highest BCUT2D eigenvalue weighted by molar-refractivity contribution is 6.43. The number of halogens is 3. The molecule has 0 bridgehead atoms. The summed E-state index contributed by atoms with van der Waals surface area (Å²) >= 11 is 17.8. The molecule has 0 aliphatic rings. The highest BCUT2D eigenvalue weighted by Gasteiger charge is 2.10. The van der Waals surface area contributed by atoms with Gasteiger partial charge in [0.25, 0.3) is 0 Å². The minimum absolute atomic E-state index is 0.230. The average molecular weight is 317 g/mol. The Kier molecular flexibility index (Phi) is 4.94. The third-order valence-electron chi connectivity index (χ3n) is 2.62. The molecule has 2 aromatic carbocycles. The van der Waals surface area contributed by atoms with Crippen molar-refractivity contribution in [3.8, 4) is 5.75 Å². The van der Waals surface area contributed by atoms with Gasteiger partial charge in [0.05, 0.1) is 21.1 Å². The Morgan fingerprint density at radius 1 is 0.947 bits per heavy atom. The van der Waals surface area contributed by atoms with E-state index in [4.69, 9.17) is 45.3 Å². The number of benzene rings is 2. The maximum absolute atomic E-state index is 6.03. The number of nitrogens with two attached hydrogens (primary N) is 1. The molecule has 1 atom stereocenters. The van der Waals surface area contributed by atoms with Crippen LogP contribution in [0.2, 0.25) is 15.1 Å². The molecule has 0 amide bonds. The van der Waals surface area contributed by atoms with Crippen LogP contribution in [-0.4, -0.2) is 6.61 Å². The fourth-order valence-electron chi connectivity index (χ4n) is 1.59. The van der Waals surface area contributed by atoms with Crippen molar-refractivity contribution in [2.24, 2.45) is 5.73 Å². The summed E-state index contributed by atoms with van der Waals surface area (Å²) < 4.78 is 5.59. The molecular weight excluding hydrogens is 305 g/mol. The fourth-order valence-corrected chi connectivity index (χ4v) is 2.18. The Balaban J connectivity index is 2.05. The molecule has 2 N–H and O–H groups in total. The van der Waals surface area contributed by atoms with Gasteiger partial charge in [-0.3, -0.25) is 0 Å². The molecule has 2 rings (SSSR count). The Morgan fingerprint density at radius 3 is 2.26 bits per heavy atom. The van der Waals surface area contributed by atoms with Crippen molar-refractivity contribution in [3.63, 3.8) is 0 Å². The van der Waals surface area contributed by atoms with Crippen LogP contribution in [0.25, 0.3) is 0 Å². The summed E-state index contributed by atoms with van der Waals surface area (Å²) in [5.74, 6) is 0.474. The minimum atomic E-state index is -0.230. The van der Waals surface area contributed by atoms with E-state index < -0.39 is 0 Å². The zero-order valence-electron chi connectivity index (χ0n) is 9.95. The first-order valence-corrected chi connectivity index (χ1v) is 6.79. The lowest BCUT2D eigenvalue weighted by molar-refractivity contribution is 0.291. The van der Waals surface area contributed by atoms with E-state index in [1.54, 1.807) is 12.1 Å². The molecule has 0 spiro atoms. The molecular formula is C14H12Cl3NO. The van der Waals surface area contributed by atoms with E-state index in [0.29, 0.717) is 27.4 Å². The minimum Gasteiger partial charge on any atom is -0.490 e. The van der Waals surface area contributed by atoms with E-state index in [2.05, 4.69) is 0 Å². The van der Waals surface area contributed by atoms with Gasteiger partial charge < -0.3 is 10.5 Å². The molecule has 100 valence electrons. The second kappa shape index (κ2) is 6.49. The van der Waals surface area contributed by atoms with Crippen molar-refractivity contribution in [2.75, 3.05) is 6.61 Å². The summed E-state index contributed by atoms with van der Waals surface area (Å²) in [4.78, 5) is 0. The summed E-state index contributed by atoms with van der Waals surface area (Å²) in [6, 6.07) is 12.6. The topological polar surface area (TPSA) is 35.2 Å². The number of rotatable bonds is 4. The van der Waals surface area contributed by atoms with Gasteiger partial charge in [-0.1, -0.05) is 65.1 Å². The van der Waals surface area contributed by atoms with Gasteiger partial charge in [0.1, 0.15) is 12.4 Å². The predicted molar refractivity (Wildman–Crippen MR) is 80.3 cm³/mol. The highest BCUT2D eigenvalue weighted by Crippen LogP contribution is 2.34. The SMILES string of the molecule is NC(COc1cc(Cl)c(Cl)cc1Cl)c1ccccc1. The molecule has 0 fully saturated rings. The van der Waals surface area contributed by atoms with Gasteiger partial charge in [0, 0.05) is 6.07 Å². The zero-order valence-corrected chi connectivity index (χ0v) is 12.2. The maximum atomic E-state index is 6.03. The quantitative estimate of drug-likeness (QED) is 0.828. The van der Waals surface area contributed by atoms with Crippen LogP contribution in [0.3, 0.4) is 0 Å². The summed E-state index contributed by atoms with van der Waals surface area (Å²) in [5.41, 5.74) is 7.03. The first-order valence-electron chi connectivity index (χ1n) is 5.66. The first kappa shape index (κ1) is 14.5. The normalized spacial score (nSPS) is 12.2. The van der Waals surface area contributed by atoms with Crippen LogP contribution in [0.15, 0.2) is 42.5 Å². The van der Waals surface area contributed by atoms with E-state index in [1.165, 1.54) is 0 Å². The Hall–Kier alpha value is -0.930. The largest absolute Gasteiger partial charge is 0.490 e. The second-order valence-electron chi connectivity index (χ2n) is 4.02. The molecule has 1 unspecified atom stereocenters. The molecule has 2 nitrogen and oxygen atoms in total. The summed E-state index contributed by atoms with van der Waals surface area (Å²) in [6.45, 7) is 0.307. The monoisotopic (exact) mass is 315 g/mol. The molecule has 0 aliphatic carbocycles. The third-order valence-corrected chi connectivity index (χ3v) is 3.64. The molecule has 0 aromatic heterocycles. The van der Waals surface area contributed by atoms with E-state index in [0.717, 1.165) is 5.56 Å². The van der Waals surface area contributed by atoms with Crippen molar-refractivity contribution in [1.29, 1.82) is 0 Å². The summed E-state index contributed by atoms with van der Waals surface area (Å²) in [5, 5.41) is 1.20. The lowest BCUT2D eigenvalue weighted by Gasteiger charge is -2.14. The Labute approximate surface area is 127 Å². The van der Waals surface area contributed by atoms with Crippen LogP contribution in [-0.2, 0) is 0 Å². The van der Waals surface area contributed by atoms with Crippen molar-refractivity contribution >= 4 is 34.8 Å². The molecule has 0 radical (unpaired) electrons. The van der Waals surface area contributed by atoms with Crippen molar-refractivity contribution < 1.29 is 4.74 Å². The fraction of sp³-hybridized carbons (Fsp3) is 0.143. The lowest BCUT2D eigenvalue weighted by atomic mass is 10.1. The van der Waals surface area contributed by atoms with Crippen molar-refractivity contribution in [3.05, 3.63) is 63.1 Å². The Bertz CT molecular complexity index is 560. The average Bonchev–Trinajstić information content (AvgIpc) is 2.42. The predicted octanol–water partition coefficient (Wildman–Crippen LogP) is 4.73. The summed E-state index contributed by atoms with van der Waals surface area (Å²) in [7, 11) is 0. The van der Waals surface area contributed by atoms with Gasteiger partial charge in [0.15, 0.2) is 0 Å². The van der Waals surface area contributed by atoms with Gasteiger partial charge in [-0.05, 0) is 11.6 Å². The third kappa shape index (κ3) is 3.77. The number of hydrogen-bond donors (Lipinski definition) is 1. The van der Waals surface area contributed by atoms with Gasteiger partial charge in [-0.25, -0.2) is 0 Å². The highest BCUT2D eigenvalue weighted by atomic mass is 35.5. The van der Waals surface area contributed by atoms with Crippen LogP contribution in [0.4, 0.5) is 0 Å². The molecule has 19 heavy (non-hydrogen) atoms. The maximum Gasteiger partial charge on any atom is 0.139 e. The smallest absolute Gasteiger partial charge is 0.139 e. The molecule has 0 heterocycles. The molecule has 0 saturated heterocycles. The molecule has 0 aliphatic heterocycles. The van der Waals surface area contributed by atoms with Gasteiger partial charge in [0.2, 0.25) is 0 Å². The van der Waals surface area contributed by atoms with Crippen LogP contribution in [0.5, 0.6) is 5.75 Å². The zero-order chi connectivity index (χ0) is 13.8. The molecule has 5 heteroatoms. The standard InChI is InChI=1S/C14H12Cl3NO/c15-10-6-12(17)14(7-11(10)16)19-8-13(18)9-4-2-1-3-5-9/h1-7,13H,8,18H2. The van der Waals surface area contributed by atoms with Crippen LogP contribution >= 0.6 is 34.8 Å². The molecule has 2 aromatic rings. The van der Waals surface area contributed by atoms with Crippen molar-refractivity contribution in [1.82, 2.24) is 0 Å². The van der Waals surface area contributed by atoms with Crippen molar-refractivity contribution in [2.45, 2.75) is 6.04 Å². The first-order chi connectivity index (χ1) is 9.08. The van der Waals surface area contributed by atoms with E-state index in [9.17, 15) is 0 Å². The molecule has 0 saturated carbocycles. The summed E-state index contributed by atoms with van der Waals surface area (Å²) in [6.07, 6.45) is 0. The van der Waals surface area contributed by atoms with Gasteiger partial charge >= 0.3 is 0 Å². The van der Waals surface area contributed by atoms with Gasteiger partial charge in [-0.15, -0.1) is 0 Å².